The number of aromatic nitrogens is 4. The van der Waals surface area contributed by atoms with Gasteiger partial charge in [0.1, 0.15) is 0 Å². The number of rotatable bonds is 6. The first-order chi connectivity index (χ1) is 9.61. The molecule has 0 amide bonds. The van der Waals surface area contributed by atoms with Crippen LogP contribution >= 0.6 is 27.7 Å². The molecule has 0 radical (unpaired) electrons. The largest absolute Gasteiger partial charge is 0.329 e. The molecule has 10 heteroatoms. The predicted molar refractivity (Wildman–Crippen MR) is 77.2 cm³/mol. The Bertz CT molecular complexity index is 620. The van der Waals surface area contributed by atoms with E-state index < -0.39 is 4.92 Å². The summed E-state index contributed by atoms with van der Waals surface area (Å²) in [5.74, 6) is 0.601. The first kappa shape index (κ1) is 14.9. The van der Waals surface area contributed by atoms with E-state index in [4.69, 9.17) is 5.73 Å². The highest BCUT2D eigenvalue weighted by atomic mass is 79.9. The summed E-state index contributed by atoms with van der Waals surface area (Å²) < 4.78 is 2.32. The third-order valence-corrected chi connectivity index (χ3v) is 4.19. The van der Waals surface area contributed by atoms with E-state index in [2.05, 4.69) is 31.5 Å². The zero-order chi connectivity index (χ0) is 14.5. The van der Waals surface area contributed by atoms with Crippen molar-refractivity contribution in [1.82, 2.24) is 20.2 Å². The number of tetrazole rings is 1. The Hall–Kier alpha value is -1.52. The van der Waals surface area contributed by atoms with E-state index in [9.17, 15) is 10.1 Å². The van der Waals surface area contributed by atoms with Crippen molar-refractivity contribution < 1.29 is 4.92 Å². The zero-order valence-electron chi connectivity index (χ0n) is 10.3. The minimum atomic E-state index is -0.427. The Kier molecular flexibility index (Phi) is 5.04. The van der Waals surface area contributed by atoms with Crippen LogP contribution in [0.5, 0.6) is 0 Å². The zero-order valence-corrected chi connectivity index (χ0v) is 12.7. The summed E-state index contributed by atoms with van der Waals surface area (Å²) in [6.45, 7) is 1.01. The van der Waals surface area contributed by atoms with E-state index in [1.165, 1.54) is 23.9 Å². The number of non-ortho nitro benzene ring substituents is 1. The summed E-state index contributed by atoms with van der Waals surface area (Å²) >= 11 is 4.78. The number of thioether (sulfide) groups is 1. The van der Waals surface area contributed by atoms with Crippen LogP contribution in [0.3, 0.4) is 0 Å². The molecule has 2 aromatic rings. The van der Waals surface area contributed by atoms with E-state index in [0.29, 0.717) is 28.5 Å². The fourth-order valence-electron chi connectivity index (χ4n) is 1.47. The lowest BCUT2D eigenvalue weighted by atomic mass is 10.2. The Balaban J connectivity index is 2.07. The van der Waals surface area contributed by atoms with Crippen molar-refractivity contribution in [3.8, 4) is 0 Å². The molecule has 0 fully saturated rings. The number of hydrogen-bond acceptors (Lipinski definition) is 7. The summed E-state index contributed by atoms with van der Waals surface area (Å²) in [6, 6.07) is 4.68. The monoisotopic (exact) mass is 358 g/mol. The van der Waals surface area contributed by atoms with Crippen LogP contribution in [-0.4, -0.2) is 31.7 Å². The second-order valence-electron chi connectivity index (χ2n) is 3.79. The van der Waals surface area contributed by atoms with Crippen LogP contribution in [-0.2, 0) is 12.3 Å². The van der Waals surface area contributed by atoms with E-state index >= 15 is 0 Å². The molecule has 0 aliphatic heterocycles. The predicted octanol–water partition coefficient (Wildman–Crippen LogP) is 1.59. The van der Waals surface area contributed by atoms with E-state index in [1.54, 1.807) is 10.7 Å². The number of nitro benzene ring substituents is 1. The van der Waals surface area contributed by atoms with Crippen molar-refractivity contribution in [1.29, 1.82) is 0 Å². The van der Waals surface area contributed by atoms with Gasteiger partial charge >= 0.3 is 0 Å². The molecule has 0 aliphatic carbocycles. The van der Waals surface area contributed by atoms with E-state index in [1.807, 2.05) is 0 Å². The Labute approximate surface area is 127 Å². The number of halogens is 1. The molecule has 1 heterocycles. The highest BCUT2D eigenvalue weighted by Crippen LogP contribution is 2.28. The Morgan fingerprint density at radius 2 is 2.30 bits per heavy atom. The summed E-state index contributed by atoms with van der Waals surface area (Å²) in [6.07, 6.45) is 0. The maximum Gasteiger partial charge on any atom is 0.270 e. The van der Waals surface area contributed by atoms with Gasteiger partial charge in [0.05, 0.1) is 11.5 Å². The average molecular weight is 359 g/mol. The molecule has 0 atom stereocenters. The van der Waals surface area contributed by atoms with Gasteiger partial charge in [0, 0.05) is 28.9 Å². The van der Waals surface area contributed by atoms with E-state index in [0.717, 1.165) is 5.56 Å². The average Bonchev–Trinajstić information content (AvgIpc) is 2.85. The number of hydrogen-bond donors (Lipinski definition) is 1. The van der Waals surface area contributed by atoms with Crippen LogP contribution in [0.1, 0.15) is 5.56 Å². The van der Waals surface area contributed by atoms with E-state index in [-0.39, 0.29) is 5.69 Å². The van der Waals surface area contributed by atoms with Gasteiger partial charge in [0.2, 0.25) is 5.16 Å². The number of benzene rings is 1. The standard InChI is InChI=1S/C10H11BrN6O2S/c11-9-5-8(17(18)19)2-1-7(9)6-20-10-13-14-15-16(10)4-3-12/h1-2,5H,3-4,6,12H2. The second kappa shape index (κ2) is 6.77. The fourth-order valence-corrected chi connectivity index (χ4v) is 3.07. The molecule has 20 heavy (non-hydrogen) atoms. The van der Waals surface area contributed by atoms with Gasteiger partial charge in [0.15, 0.2) is 0 Å². The molecule has 0 unspecified atom stereocenters. The highest BCUT2D eigenvalue weighted by Gasteiger charge is 2.11. The van der Waals surface area contributed by atoms with Gasteiger partial charge in [-0.25, -0.2) is 4.68 Å². The lowest BCUT2D eigenvalue weighted by Gasteiger charge is -2.04. The number of nitro groups is 1. The van der Waals surface area contributed by atoms with Crippen molar-refractivity contribution in [3.05, 3.63) is 38.3 Å². The molecule has 1 aromatic heterocycles. The Morgan fingerprint density at radius 1 is 1.50 bits per heavy atom. The van der Waals surface area contributed by atoms with Gasteiger partial charge in [0.25, 0.3) is 5.69 Å². The molecule has 8 nitrogen and oxygen atoms in total. The molecule has 0 aliphatic rings. The molecular weight excluding hydrogens is 348 g/mol. The van der Waals surface area contributed by atoms with Crippen LogP contribution < -0.4 is 5.73 Å². The van der Waals surface area contributed by atoms with Crippen molar-refractivity contribution in [2.45, 2.75) is 17.5 Å². The molecule has 106 valence electrons. The summed E-state index contributed by atoms with van der Waals surface area (Å²) in [4.78, 5) is 10.2. The van der Waals surface area contributed by atoms with Gasteiger partial charge in [-0.1, -0.05) is 33.8 Å². The second-order valence-corrected chi connectivity index (χ2v) is 5.59. The topological polar surface area (TPSA) is 113 Å². The maximum atomic E-state index is 10.7. The summed E-state index contributed by atoms with van der Waals surface area (Å²) in [5, 5.41) is 22.7. The van der Waals surface area contributed by atoms with Gasteiger partial charge in [-0.05, 0) is 16.0 Å². The fraction of sp³-hybridized carbons (Fsp3) is 0.300. The molecule has 0 spiro atoms. The quantitative estimate of drug-likeness (QED) is 0.473. The lowest BCUT2D eigenvalue weighted by Crippen LogP contribution is -2.12. The summed E-state index contributed by atoms with van der Waals surface area (Å²) in [7, 11) is 0. The minimum Gasteiger partial charge on any atom is -0.329 e. The Morgan fingerprint density at radius 3 is 2.95 bits per heavy atom. The molecular formula is C10H11BrN6O2S. The first-order valence-electron chi connectivity index (χ1n) is 5.63. The van der Waals surface area contributed by atoms with Crippen molar-refractivity contribution >= 4 is 33.4 Å². The first-order valence-corrected chi connectivity index (χ1v) is 7.41. The van der Waals surface area contributed by atoms with Crippen molar-refractivity contribution in [2.24, 2.45) is 5.73 Å². The van der Waals surface area contributed by atoms with Crippen molar-refractivity contribution in [2.75, 3.05) is 6.54 Å². The van der Waals surface area contributed by atoms with Crippen LogP contribution in [0, 0.1) is 10.1 Å². The third-order valence-electron chi connectivity index (χ3n) is 2.44. The van der Waals surface area contributed by atoms with Crippen LogP contribution in [0.15, 0.2) is 27.8 Å². The smallest absolute Gasteiger partial charge is 0.270 e. The van der Waals surface area contributed by atoms with Gasteiger partial charge in [-0.2, -0.15) is 0 Å². The van der Waals surface area contributed by atoms with Gasteiger partial charge in [-0.15, -0.1) is 5.10 Å². The molecule has 2 N–H and O–H groups in total. The lowest BCUT2D eigenvalue weighted by molar-refractivity contribution is -0.384. The van der Waals surface area contributed by atoms with Crippen molar-refractivity contribution in [3.63, 3.8) is 0 Å². The van der Waals surface area contributed by atoms with Gasteiger partial charge in [-0.3, -0.25) is 10.1 Å². The van der Waals surface area contributed by atoms with Gasteiger partial charge < -0.3 is 5.73 Å². The highest BCUT2D eigenvalue weighted by molar-refractivity contribution is 9.10. The minimum absolute atomic E-state index is 0.0543. The van der Waals surface area contributed by atoms with Crippen LogP contribution in [0.25, 0.3) is 0 Å². The maximum absolute atomic E-state index is 10.7. The molecule has 1 aromatic carbocycles. The SMILES string of the molecule is NCCn1nnnc1SCc1ccc([N+](=O)[O-])cc1Br. The molecule has 0 saturated carbocycles. The van der Waals surface area contributed by atoms with Crippen LogP contribution in [0.2, 0.25) is 0 Å². The molecule has 0 bridgehead atoms. The third kappa shape index (κ3) is 3.52. The summed E-state index contributed by atoms with van der Waals surface area (Å²) in [5.41, 5.74) is 6.46. The number of nitrogens with two attached hydrogens (primary N) is 1. The normalized spacial score (nSPS) is 10.7. The molecule has 0 saturated heterocycles. The van der Waals surface area contributed by atoms with Crippen LogP contribution in [0.4, 0.5) is 5.69 Å². The molecule has 2 rings (SSSR count). The number of nitrogens with zero attached hydrogens (tertiary/aromatic N) is 5.